The third kappa shape index (κ3) is 6.60. The van der Waals surface area contributed by atoms with Crippen LogP contribution in [0.3, 0.4) is 0 Å². The largest absolute Gasteiger partial charge is 0.444 e. The number of para-hydroxylation sites is 2. The fourth-order valence-electron chi connectivity index (χ4n) is 2.56. The Morgan fingerprint density at radius 1 is 0.969 bits per heavy atom. The summed E-state index contributed by atoms with van der Waals surface area (Å²) in [6.45, 7) is 5.33. The normalized spacial score (nSPS) is 10.9. The Morgan fingerprint density at radius 2 is 1.66 bits per heavy atom. The number of anilines is 2. The van der Waals surface area contributed by atoms with Crippen LogP contribution in [0.5, 0.6) is 11.6 Å². The van der Waals surface area contributed by atoms with Crippen LogP contribution in [-0.2, 0) is 4.74 Å². The standard InChI is InChI=1S/C23H21Cl2N3O4/c1-23(2,3)32-22(30)27-16-10-8-14(9-11-16)20(29)28-18-6-4-5-7-19(18)31-21-17(25)12-15(24)13-26-21/h4-13H,1-3H3,(H,27,30)(H,28,29). The van der Waals surface area contributed by atoms with Gasteiger partial charge in [0, 0.05) is 17.4 Å². The Kier molecular flexibility index (Phi) is 7.22. The van der Waals surface area contributed by atoms with E-state index >= 15 is 0 Å². The highest BCUT2D eigenvalue weighted by Gasteiger charge is 2.17. The molecule has 0 aliphatic carbocycles. The third-order valence-corrected chi connectivity index (χ3v) is 4.39. The first kappa shape index (κ1) is 23.4. The van der Waals surface area contributed by atoms with Gasteiger partial charge < -0.3 is 14.8 Å². The monoisotopic (exact) mass is 473 g/mol. The Labute approximate surface area is 195 Å². The van der Waals surface area contributed by atoms with Crippen molar-refractivity contribution in [2.45, 2.75) is 26.4 Å². The smallest absolute Gasteiger partial charge is 0.412 e. The SMILES string of the molecule is CC(C)(C)OC(=O)Nc1ccc(C(=O)Nc2ccccc2Oc2ncc(Cl)cc2Cl)cc1. The topological polar surface area (TPSA) is 89.5 Å². The van der Waals surface area contributed by atoms with Gasteiger partial charge in [-0.05, 0) is 63.2 Å². The molecule has 166 valence electrons. The van der Waals surface area contributed by atoms with Gasteiger partial charge in [-0.2, -0.15) is 0 Å². The minimum atomic E-state index is -0.606. The number of aromatic nitrogens is 1. The molecule has 2 amide bonds. The van der Waals surface area contributed by atoms with Gasteiger partial charge in [-0.15, -0.1) is 0 Å². The molecule has 0 bridgehead atoms. The Hall–Kier alpha value is -3.29. The molecule has 0 atom stereocenters. The number of nitrogens with zero attached hydrogens (tertiary/aromatic N) is 1. The van der Waals surface area contributed by atoms with E-state index in [2.05, 4.69) is 15.6 Å². The average molecular weight is 474 g/mol. The average Bonchev–Trinajstić information content (AvgIpc) is 2.70. The Morgan fingerprint density at radius 3 is 2.31 bits per heavy atom. The lowest BCUT2D eigenvalue weighted by Crippen LogP contribution is -2.27. The first-order valence-electron chi connectivity index (χ1n) is 9.60. The van der Waals surface area contributed by atoms with Crippen LogP contribution in [0.2, 0.25) is 10.0 Å². The van der Waals surface area contributed by atoms with Crippen LogP contribution >= 0.6 is 23.2 Å². The minimum absolute atomic E-state index is 0.162. The number of carbonyl (C=O) groups is 2. The lowest BCUT2D eigenvalue weighted by Gasteiger charge is -2.19. The number of hydrogen-bond donors (Lipinski definition) is 2. The van der Waals surface area contributed by atoms with Gasteiger partial charge in [0.2, 0.25) is 5.88 Å². The summed E-state index contributed by atoms with van der Waals surface area (Å²) in [5.41, 5.74) is 0.715. The third-order valence-electron chi connectivity index (χ3n) is 3.91. The van der Waals surface area contributed by atoms with E-state index in [9.17, 15) is 9.59 Å². The number of pyridine rings is 1. The quantitative estimate of drug-likeness (QED) is 0.426. The molecule has 2 aromatic carbocycles. The molecule has 1 heterocycles. The molecule has 0 radical (unpaired) electrons. The second-order valence-electron chi connectivity index (χ2n) is 7.70. The lowest BCUT2D eigenvalue weighted by atomic mass is 10.2. The summed E-state index contributed by atoms with van der Waals surface area (Å²) in [6.07, 6.45) is 0.840. The van der Waals surface area contributed by atoms with Crippen molar-refractivity contribution in [1.82, 2.24) is 4.98 Å². The van der Waals surface area contributed by atoms with Crippen molar-refractivity contribution in [2.75, 3.05) is 10.6 Å². The molecule has 0 spiro atoms. The zero-order chi connectivity index (χ0) is 23.3. The van der Waals surface area contributed by atoms with E-state index in [0.717, 1.165) is 0 Å². The molecule has 0 unspecified atom stereocenters. The molecule has 0 aliphatic heterocycles. The van der Waals surface area contributed by atoms with Crippen molar-refractivity contribution in [3.05, 3.63) is 76.4 Å². The van der Waals surface area contributed by atoms with Crippen LogP contribution in [-0.4, -0.2) is 22.6 Å². The molecule has 9 heteroatoms. The summed E-state index contributed by atoms with van der Waals surface area (Å²) < 4.78 is 11.0. The van der Waals surface area contributed by atoms with Crippen molar-refractivity contribution in [3.63, 3.8) is 0 Å². The highest BCUT2D eigenvalue weighted by Crippen LogP contribution is 2.33. The van der Waals surface area contributed by atoms with E-state index in [0.29, 0.717) is 27.7 Å². The number of nitrogens with one attached hydrogen (secondary N) is 2. The molecule has 0 saturated heterocycles. The number of benzene rings is 2. The predicted molar refractivity (Wildman–Crippen MR) is 125 cm³/mol. The van der Waals surface area contributed by atoms with Gasteiger partial charge in [0.15, 0.2) is 5.75 Å². The molecule has 3 aromatic rings. The van der Waals surface area contributed by atoms with Gasteiger partial charge >= 0.3 is 6.09 Å². The summed E-state index contributed by atoms with van der Waals surface area (Å²) in [7, 11) is 0. The lowest BCUT2D eigenvalue weighted by molar-refractivity contribution is 0.0636. The summed E-state index contributed by atoms with van der Waals surface area (Å²) >= 11 is 12.0. The van der Waals surface area contributed by atoms with Crippen LogP contribution in [0.25, 0.3) is 0 Å². The minimum Gasteiger partial charge on any atom is -0.444 e. The fourth-order valence-corrected chi connectivity index (χ4v) is 2.98. The van der Waals surface area contributed by atoms with Gasteiger partial charge in [0.05, 0.1) is 10.7 Å². The Bertz CT molecular complexity index is 1130. The number of rotatable bonds is 5. The van der Waals surface area contributed by atoms with Crippen LogP contribution in [0.15, 0.2) is 60.8 Å². The molecular weight excluding hydrogens is 453 g/mol. The summed E-state index contributed by atoms with van der Waals surface area (Å²) in [4.78, 5) is 28.6. The molecule has 0 aliphatic rings. The molecule has 2 N–H and O–H groups in total. The van der Waals surface area contributed by atoms with E-state index in [1.165, 1.54) is 12.3 Å². The highest BCUT2D eigenvalue weighted by atomic mass is 35.5. The number of amides is 2. The maximum atomic E-state index is 12.7. The fraction of sp³-hybridized carbons (Fsp3) is 0.174. The molecule has 7 nitrogen and oxygen atoms in total. The summed E-state index contributed by atoms with van der Waals surface area (Å²) in [5, 5.41) is 6.04. The van der Waals surface area contributed by atoms with E-state index < -0.39 is 11.7 Å². The van der Waals surface area contributed by atoms with Crippen LogP contribution < -0.4 is 15.4 Å². The van der Waals surface area contributed by atoms with E-state index in [1.54, 1.807) is 69.3 Å². The highest BCUT2D eigenvalue weighted by molar-refractivity contribution is 6.35. The first-order valence-corrected chi connectivity index (χ1v) is 10.4. The van der Waals surface area contributed by atoms with E-state index in [-0.39, 0.29) is 16.8 Å². The van der Waals surface area contributed by atoms with Crippen LogP contribution in [0.1, 0.15) is 31.1 Å². The van der Waals surface area contributed by atoms with Crippen molar-refractivity contribution < 1.29 is 19.1 Å². The van der Waals surface area contributed by atoms with Gasteiger partial charge in [0.1, 0.15) is 10.6 Å². The molecule has 32 heavy (non-hydrogen) atoms. The Balaban J connectivity index is 1.69. The maximum Gasteiger partial charge on any atom is 0.412 e. The van der Waals surface area contributed by atoms with Crippen molar-refractivity contribution >= 4 is 46.6 Å². The second-order valence-corrected chi connectivity index (χ2v) is 8.54. The van der Waals surface area contributed by atoms with Gasteiger partial charge in [-0.1, -0.05) is 35.3 Å². The predicted octanol–water partition coefficient (Wildman–Crippen LogP) is 6.78. The van der Waals surface area contributed by atoms with Gasteiger partial charge in [0.25, 0.3) is 5.91 Å². The zero-order valence-electron chi connectivity index (χ0n) is 17.6. The number of carbonyl (C=O) groups excluding carboxylic acids is 2. The van der Waals surface area contributed by atoms with Gasteiger partial charge in [-0.3, -0.25) is 10.1 Å². The molecular formula is C23H21Cl2N3O4. The molecule has 0 saturated carbocycles. The van der Waals surface area contributed by atoms with Crippen molar-refractivity contribution in [1.29, 1.82) is 0 Å². The summed E-state index contributed by atoms with van der Waals surface area (Å²) in [6, 6.07) is 14.8. The molecule has 1 aromatic heterocycles. The van der Waals surface area contributed by atoms with Gasteiger partial charge in [-0.25, -0.2) is 9.78 Å². The number of halogens is 2. The number of ether oxygens (including phenoxy) is 2. The maximum absolute atomic E-state index is 12.7. The first-order chi connectivity index (χ1) is 15.1. The van der Waals surface area contributed by atoms with E-state index in [4.69, 9.17) is 32.7 Å². The van der Waals surface area contributed by atoms with Crippen LogP contribution in [0.4, 0.5) is 16.2 Å². The van der Waals surface area contributed by atoms with Crippen molar-refractivity contribution in [2.24, 2.45) is 0 Å². The summed E-state index contributed by atoms with van der Waals surface area (Å²) in [5.74, 6) is 0.163. The van der Waals surface area contributed by atoms with E-state index in [1.807, 2.05) is 0 Å². The zero-order valence-corrected chi connectivity index (χ0v) is 19.1. The molecule has 3 rings (SSSR count). The second kappa shape index (κ2) is 9.89. The van der Waals surface area contributed by atoms with Crippen LogP contribution in [0, 0.1) is 0 Å². The van der Waals surface area contributed by atoms with Crippen molar-refractivity contribution in [3.8, 4) is 11.6 Å². The number of hydrogen-bond acceptors (Lipinski definition) is 5. The molecule has 0 fully saturated rings.